The van der Waals surface area contributed by atoms with Crippen LogP contribution in [0.2, 0.25) is 0 Å². The van der Waals surface area contributed by atoms with Crippen LogP contribution in [0.15, 0.2) is 48.5 Å². The summed E-state index contributed by atoms with van der Waals surface area (Å²) in [5.74, 6) is 0.990. The van der Waals surface area contributed by atoms with Crippen molar-refractivity contribution in [3.8, 4) is 17.2 Å². The van der Waals surface area contributed by atoms with Gasteiger partial charge in [-0.3, -0.25) is 4.79 Å². The minimum Gasteiger partial charge on any atom is -0.454 e. The second-order valence-electron chi connectivity index (χ2n) is 5.65. The fraction of sp³-hybridized carbons (Fsp3) is 0.111. The zero-order chi connectivity index (χ0) is 18.6. The molecule has 0 unspecified atom stereocenters. The third-order valence-electron chi connectivity index (χ3n) is 3.83. The van der Waals surface area contributed by atoms with Crippen LogP contribution in [0, 0.1) is 5.82 Å². The van der Waals surface area contributed by atoms with Crippen LogP contribution in [0.5, 0.6) is 11.5 Å². The summed E-state index contributed by atoms with van der Waals surface area (Å²) in [6.07, 6.45) is 3.06. The molecule has 1 N–H and O–H groups in total. The Balaban J connectivity index is 1.39. The molecule has 1 aliphatic heterocycles. The topological polar surface area (TPSA) is 91.2 Å². The van der Waals surface area contributed by atoms with E-state index < -0.39 is 5.82 Å². The number of tetrazole rings is 1. The van der Waals surface area contributed by atoms with E-state index in [1.54, 1.807) is 30.3 Å². The van der Waals surface area contributed by atoms with Gasteiger partial charge >= 0.3 is 0 Å². The van der Waals surface area contributed by atoms with Crippen LogP contribution in [-0.4, -0.2) is 32.9 Å². The first-order valence-electron chi connectivity index (χ1n) is 8.08. The van der Waals surface area contributed by atoms with Gasteiger partial charge in [0.2, 0.25) is 12.7 Å². The standard InChI is InChI=1S/C18H14FN5O3/c19-13-2-1-3-14(9-13)24-17(21-22-23-24)10-20-18(25)7-5-12-4-6-15-16(8-12)27-11-26-15/h1-9H,10-11H2,(H,20,25)/b7-5+. The molecule has 0 radical (unpaired) electrons. The molecule has 3 aromatic rings. The van der Waals surface area contributed by atoms with E-state index >= 15 is 0 Å². The van der Waals surface area contributed by atoms with Crippen molar-refractivity contribution < 1.29 is 18.7 Å². The van der Waals surface area contributed by atoms with Crippen molar-refractivity contribution in [2.24, 2.45) is 0 Å². The lowest BCUT2D eigenvalue weighted by Gasteiger charge is -2.05. The van der Waals surface area contributed by atoms with Gasteiger partial charge in [0.15, 0.2) is 17.3 Å². The normalized spacial score (nSPS) is 12.5. The van der Waals surface area contributed by atoms with E-state index in [0.29, 0.717) is 23.0 Å². The molecule has 1 aliphatic rings. The van der Waals surface area contributed by atoms with Crippen molar-refractivity contribution in [3.05, 3.63) is 65.7 Å². The molecule has 1 aromatic heterocycles. The van der Waals surface area contributed by atoms with E-state index in [2.05, 4.69) is 20.8 Å². The van der Waals surface area contributed by atoms with Crippen molar-refractivity contribution in [1.29, 1.82) is 0 Å². The number of hydrogen-bond acceptors (Lipinski definition) is 6. The zero-order valence-corrected chi connectivity index (χ0v) is 14.0. The molecule has 0 atom stereocenters. The summed E-state index contributed by atoms with van der Waals surface area (Å²) < 4.78 is 25.3. The van der Waals surface area contributed by atoms with Gasteiger partial charge in [-0.1, -0.05) is 12.1 Å². The number of ether oxygens (including phenoxy) is 2. The lowest BCUT2D eigenvalue weighted by atomic mass is 10.2. The highest BCUT2D eigenvalue weighted by Crippen LogP contribution is 2.32. The molecule has 2 heterocycles. The number of amides is 1. The summed E-state index contributed by atoms with van der Waals surface area (Å²) in [5, 5.41) is 14.0. The molecule has 1 amide bonds. The summed E-state index contributed by atoms with van der Waals surface area (Å²) in [6.45, 7) is 0.289. The largest absolute Gasteiger partial charge is 0.454 e. The van der Waals surface area contributed by atoms with Crippen LogP contribution in [-0.2, 0) is 11.3 Å². The molecular formula is C18H14FN5O3. The summed E-state index contributed by atoms with van der Waals surface area (Å²) >= 11 is 0. The number of carbonyl (C=O) groups excluding carboxylic acids is 1. The Hall–Kier alpha value is -3.75. The Morgan fingerprint density at radius 2 is 2.11 bits per heavy atom. The molecule has 8 nitrogen and oxygen atoms in total. The third kappa shape index (κ3) is 3.76. The van der Waals surface area contributed by atoms with E-state index in [9.17, 15) is 9.18 Å². The quantitative estimate of drug-likeness (QED) is 0.692. The van der Waals surface area contributed by atoms with Gasteiger partial charge in [-0.15, -0.1) is 5.10 Å². The molecule has 0 saturated carbocycles. The molecule has 27 heavy (non-hydrogen) atoms. The van der Waals surface area contributed by atoms with Crippen LogP contribution >= 0.6 is 0 Å². The Bertz CT molecular complexity index is 1020. The molecule has 0 aliphatic carbocycles. The van der Waals surface area contributed by atoms with Gasteiger partial charge in [0.25, 0.3) is 0 Å². The Morgan fingerprint density at radius 3 is 3.00 bits per heavy atom. The second-order valence-corrected chi connectivity index (χ2v) is 5.65. The van der Waals surface area contributed by atoms with Gasteiger partial charge in [0, 0.05) is 6.08 Å². The van der Waals surface area contributed by atoms with Gasteiger partial charge in [-0.2, -0.15) is 4.68 Å². The second kappa shape index (κ2) is 7.24. The van der Waals surface area contributed by atoms with Gasteiger partial charge in [0.05, 0.1) is 12.2 Å². The first-order valence-corrected chi connectivity index (χ1v) is 8.08. The average Bonchev–Trinajstić information content (AvgIpc) is 3.33. The highest BCUT2D eigenvalue weighted by molar-refractivity contribution is 5.91. The number of aromatic nitrogens is 4. The van der Waals surface area contributed by atoms with E-state index in [-0.39, 0.29) is 19.2 Å². The predicted molar refractivity (Wildman–Crippen MR) is 92.6 cm³/mol. The summed E-state index contributed by atoms with van der Waals surface area (Å²) in [4.78, 5) is 12.1. The minimum atomic E-state index is -0.398. The maximum atomic E-state index is 13.4. The first kappa shape index (κ1) is 16.7. The Kier molecular flexibility index (Phi) is 4.48. The molecule has 136 valence electrons. The van der Waals surface area contributed by atoms with Crippen LogP contribution in [0.3, 0.4) is 0 Å². The van der Waals surface area contributed by atoms with Gasteiger partial charge in [0.1, 0.15) is 5.82 Å². The lowest BCUT2D eigenvalue weighted by Crippen LogP contribution is -2.22. The minimum absolute atomic E-state index is 0.0911. The fourth-order valence-electron chi connectivity index (χ4n) is 2.54. The average molecular weight is 367 g/mol. The molecule has 2 aromatic carbocycles. The maximum Gasteiger partial charge on any atom is 0.244 e. The molecule has 0 fully saturated rings. The highest BCUT2D eigenvalue weighted by atomic mass is 19.1. The molecule has 4 rings (SSSR count). The van der Waals surface area contributed by atoms with Crippen LogP contribution in [0.25, 0.3) is 11.8 Å². The third-order valence-corrected chi connectivity index (χ3v) is 3.83. The number of hydrogen-bond donors (Lipinski definition) is 1. The molecule has 0 bridgehead atoms. The molecular weight excluding hydrogens is 353 g/mol. The number of rotatable bonds is 5. The molecule has 9 heteroatoms. The van der Waals surface area contributed by atoms with E-state index in [0.717, 1.165) is 5.56 Å². The molecule has 0 spiro atoms. The van der Waals surface area contributed by atoms with Gasteiger partial charge < -0.3 is 14.8 Å². The Labute approximate surface area is 153 Å². The van der Waals surface area contributed by atoms with E-state index in [1.165, 1.54) is 22.9 Å². The van der Waals surface area contributed by atoms with Crippen molar-refractivity contribution in [1.82, 2.24) is 25.5 Å². The number of carbonyl (C=O) groups is 1. The fourth-order valence-corrected chi connectivity index (χ4v) is 2.54. The monoisotopic (exact) mass is 367 g/mol. The number of nitrogens with zero attached hydrogens (tertiary/aromatic N) is 4. The number of nitrogens with one attached hydrogen (secondary N) is 1. The van der Waals surface area contributed by atoms with Gasteiger partial charge in [-0.25, -0.2) is 4.39 Å². The van der Waals surface area contributed by atoms with Crippen LogP contribution < -0.4 is 14.8 Å². The SMILES string of the molecule is O=C(/C=C/c1ccc2c(c1)OCO2)NCc1nnnn1-c1cccc(F)c1. The predicted octanol–water partition coefficient (Wildman–Crippen LogP) is 1.86. The van der Waals surface area contributed by atoms with E-state index in [1.807, 2.05) is 6.07 Å². The highest BCUT2D eigenvalue weighted by Gasteiger charge is 2.13. The summed E-state index contributed by atoms with van der Waals surface area (Å²) in [5.41, 5.74) is 1.28. The maximum absolute atomic E-state index is 13.4. The van der Waals surface area contributed by atoms with Crippen molar-refractivity contribution in [2.45, 2.75) is 6.54 Å². The van der Waals surface area contributed by atoms with Crippen molar-refractivity contribution in [3.63, 3.8) is 0 Å². The van der Waals surface area contributed by atoms with Gasteiger partial charge in [-0.05, 0) is 52.4 Å². The van der Waals surface area contributed by atoms with Crippen LogP contribution in [0.4, 0.5) is 4.39 Å². The summed E-state index contributed by atoms with van der Waals surface area (Å²) in [7, 11) is 0. The number of benzene rings is 2. The molecule has 0 saturated heterocycles. The first-order chi connectivity index (χ1) is 13.2. The zero-order valence-electron chi connectivity index (χ0n) is 14.0. The van der Waals surface area contributed by atoms with E-state index in [4.69, 9.17) is 9.47 Å². The smallest absolute Gasteiger partial charge is 0.244 e. The number of fused-ring (bicyclic) bond motifs is 1. The lowest BCUT2D eigenvalue weighted by molar-refractivity contribution is -0.116. The van der Waals surface area contributed by atoms with Crippen molar-refractivity contribution in [2.75, 3.05) is 6.79 Å². The Morgan fingerprint density at radius 1 is 1.22 bits per heavy atom. The van der Waals surface area contributed by atoms with Crippen LogP contribution in [0.1, 0.15) is 11.4 Å². The number of halogens is 1. The summed E-state index contributed by atoms with van der Waals surface area (Å²) in [6, 6.07) is 11.3. The van der Waals surface area contributed by atoms with Crippen molar-refractivity contribution >= 4 is 12.0 Å².